The third-order valence-electron chi connectivity index (χ3n) is 1.87. The molecule has 1 heterocycles. The zero-order chi connectivity index (χ0) is 10.6. The molecule has 1 aromatic heterocycles. The van der Waals surface area contributed by atoms with E-state index in [9.17, 15) is 4.79 Å². The second-order valence-corrected chi connectivity index (χ2v) is 3.40. The van der Waals surface area contributed by atoms with Crippen molar-refractivity contribution >= 4 is 5.91 Å². The van der Waals surface area contributed by atoms with E-state index in [4.69, 9.17) is 4.42 Å². The third kappa shape index (κ3) is 3.22. The van der Waals surface area contributed by atoms with Gasteiger partial charge in [-0.3, -0.25) is 4.79 Å². The van der Waals surface area contributed by atoms with E-state index >= 15 is 0 Å². The van der Waals surface area contributed by atoms with Crippen LogP contribution in [-0.4, -0.2) is 31.4 Å². The molecule has 0 aliphatic heterocycles. The average molecular weight is 196 g/mol. The summed E-state index contributed by atoms with van der Waals surface area (Å²) in [5.41, 5.74) is 0. The van der Waals surface area contributed by atoms with Gasteiger partial charge in [-0.1, -0.05) is 0 Å². The number of rotatable bonds is 4. The van der Waals surface area contributed by atoms with E-state index in [1.807, 2.05) is 19.1 Å². The Morgan fingerprint density at radius 2 is 2.21 bits per heavy atom. The van der Waals surface area contributed by atoms with Crippen molar-refractivity contribution in [3.8, 4) is 0 Å². The molecule has 0 radical (unpaired) electrons. The van der Waals surface area contributed by atoms with Crippen molar-refractivity contribution in [3.63, 3.8) is 0 Å². The van der Waals surface area contributed by atoms with Gasteiger partial charge >= 0.3 is 0 Å². The number of likely N-dealkylation sites (N-methyl/N-ethyl adjacent to an activating group) is 1. The lowest BCUT2D eigenvalue weighted by Crippen LogP contribution is -2.32. The number of hydrogen-bond acceptors (Lipinski definition) is 3. The summed E-state index contributed by atoms with van der Waals surface area (Å²) < 4.78 is 5.34. The van der Waals surface area contributed by atoms with E-state index in [2.05, 4.69) is 5.32 Å². The first-order chi connectivity index (χ1) is 6.59. The summed E-state index contributed by atoms with van der Waals surface area (Å²) in [6.07, 6.45) is 0. The van der Waals surface area contributed by atoms with E-state index in [1.165, 1.54) is 0 Å². The Morgan fingerprint density at radius 1 is 1.50 bits per heavy atom. The van der Waals surface area contributed by atoms with Gasteiger partial charge in [0.1, 0.15) is 11.5 Å². The Labute approximate surface area is 83.9 Å². The first-order valence-electron chi connectivity index (χ1n) is 4.56. The molecule has 1 rings (SSSR count). The maximum absolute atomic E-state index is 11.2. The Morgan fingerprint density at radius 3 is 2.71 bits per heavy atom. The van der Waals surface area contributed by atoms with Crippen molar-refractivity contribution in [3.05, 3.63) is 23.7 Å². The van der Waals surface area contributed by atoms with Crippen molar-refractivity contribution in [2.75, 3.05) is 20.6 Å². The molecule has 14 heavy (non-hydrogen) atoms. The van der Waals surface area contributed by atoms with Gasteiger partial charge in [0.25, 0.3) is 0 Å². The fourth-order valence-electron chi connectivity index (χ4n) is 1.03. The normalized spacial score (nSPS) is 10.2. The second-order valence-electron chi connectivity index (χ2n) is 3.40. The summed E-state index contributed by atoms with van der Waals surface area (Å²) in [5.74, 6) is 1.81. The highest BCUT2D eigenvalue weighted by atomic mass is 16.3. The molecule has 0 bridgehead atoms. The third-order valence-corrected chi connectivity index (χ3v) is 1.87. The van der Waals surface area contributed by atoms with Crippen LogP contribution in [0.15, 0.2) is 16.5 Å². The summed E-state index contributed by atoms with van der Waals surface area (Å²) in [7, 11) is 3.47. The zero-order valence-corrected chi connectivity index (χ0v) is 8.83. The number of nitrogens with one attached hydrogen (secondary N) is 1. The van der Waals surface area contributed by atoms with E-state index in [1.54, 1.807) is 19.0 Å². The molecular weight excluding hydrogens is 180 g/mol. The lowest BCUT2D eigenvalue weighted by molar-refractivity contribution is -0.127. The highest BCUT2D eigenvalue weighted by Gasteiger charge is 2.03. The van der Waals surface area contributed by atoms with Gasteiger partial charge in [-0.25, -0.2) is 0 Å². The minimum atomic E-state index is 0.0632. The average Bonchev–Trinajstić information content (AvgIpc) is 2.51. The standard InChI is InChI=1S/C10H16N2O2/c1-8-4-5-9(14-8)6-11-7-10(13)12(2)3/h4-5,11H,6-7H2,1-3H3. The number of hydrogen-bond donors (Lipinski definition) is 1. The first kappa shape index (κ1) is 10.8. The monoisotopic (exact) mass is 196 g/mol. The quantitative estimate of drug-likeness (QED) is 0.773. The Kier molecular flexibility index (Phi) is 3.71. The van der Waals surface area contributed by atoms with Crippen LogP contribution in [-0.2, 0) is 11.3 Å². The van der Waals surface area contributed by atoms with Crippen LogP contribution in [0.2, 0.25) is 0 Å². The van der Waals surface area contributed by atoms with Crippen LogP contribution in [0, 0.1) is 6.92 Å². The molecular formula is C10H16N2O2. The maximum atomic E-state index is 11.2. The van der Waals surface area contributed by atoms with Gasteiger partial charge < -0.3 is 14.6 Å². The second kappa shape index (κ2) is 4.81. The molecule has 0 aromatic carbocycles. The van der Waals surface area contributed by atoms with Crippen LogP contribution < -0.4 is 5.32 Å². The summed E-state index contributed by atoms with van der Waals surface area (Å²) in [6, 6.07) is 3.81. The number of amides is 1. The molecule has 0 aliphatic rings. The maximum Gasteiger partial charge on any atom is 0.236 e. The Bertz CT molecular complexity index is 305. The van der Waals surface area contributed by atoms with Crippen molar-refractivity contribution in [2.45, 2.75) is 13.5 Å². The minimum absolute atomic E-state index is 0.0632. The van der Waals surface area contributed by atoms with E-state index < -0.39 is 0 Å². The number of aryl methyl sites for hydroxylation is 1. The van der Waals surface area contributed by atoms with Gasteiger partial charge in [0.2, 0.25) is 5.91 Å². The zero-order valence-electron chi connectivity index (χ0n) is 8.83. The molecule has 1 amide bonds. The molecule has 4 heteroatoms. The molecule has 1 N–H and O–H groups in total. The molecule has 4 nitrogen and oxygen atoms in total. The van der Waals surface area contributed by atoms with E-state index in [0.29, 0.717) is 13.1 Å². The predicted molar refractivity (Wildman–Crippen MR) is 53.8 cm³/mol. The van der Waals surface area contributed by atoms with Gasteiger partial charge in [-0.05, 0) is 19.1 Å². The molecule has 0 spiro atoms. The largest absolute Gasteiger partial charge is 0.465 e. The van der Waals surface area contributed by atoms with E-state index in [-0.39, 0.29) is 5.91 Å². The number of furan rings is 1. The van der Waals surface area contributed by atoms with Crippen LogP contribution in [0.3, 0.4) is 0 Å². The first-order valence-corrected chi connectivity index (χ1v) is 4.56. The van der Waals surface area contributed by atoms with E-state index in [0.717, 1.165) is 11.5 Å². The molecule has 0 saturated heterocycles. The lowest BCUT2D eigenvalue weighted by Gasteiger charge is -2.09. The fourth-order valence-corrected chi connectivity index (χ4v) is 1.03. The summed E-state index contributed by atoms with van der Waals surface area (Å²) in [4.78, 5) is 12.7. The van der Waals surface area contributed by atoms with Crippen LogP contribution in [0.1, 0.15) is 11.5 Å². The SMILES string of the molecule is Cc1ccc(CNCC(=O)N(C)C)o1. The fraction of sp³-hybridized carbons (Fsp3) is 0.500. The molecule has 78 valence electrons. The Balaban J connectivity index is 2.25. The number of carbonyl (C=O) groups excluding carboxylic acids is 1. The summed E-state index contributed by atoms with van der Waals surface area (Å²) >= 11 is 0. The number of nitrogens with zero attached hydrogens (tertiary/aromatic N) is 1. The topological polar surface area (TPSA) is 45.5 Å². The van der Waals surface area contributed by atoms with Crippen molar-refractivity contribution in [1.29, 1.82) is 0 Å². The summed E-state index contributed by atoms with van der Waals surface area (Å²) in [6.45, 7) is 2.83. The molecule has 0 saturated carbocycles. The van der Waals surface area contributed by atoms with Gasteiger partial charge in [-0.2, -0.15) is 0 Å². The molecule has 0 aliphatic carbocycles. The van der Waals surface area contributed by atoms with Crippen LogP contribution >= 0.6 is 0 Å². The van der Waals surface area contributed by atoms with Gasteiger partial charge in [0.15, 0.2) is 0 Å². The van der Waals surface area contributed by atoms with Gasteiger partial charge in [0.05, 0.1) is 13.1 Å². The Hall–Kier alpha value is -1.29. The van der Waals surface area contributed by atoms with Crippen LogP contribution in [0.25, 0.3) is 0 Å². The smallest absolute Gasteiger partial charge is 0.236 e. The molecule has 0 fully saturated rings. The van der Waals surface area contributed by atoms with Crippen molar-refractivity contribution < 1.29 is 9.21 Å². The minimum Gasteiger partial charge on any atom is -0.465 e. The predicted octanol–water partition coefficient (Wildman–Crippen LogP) is 0.766. The van der Waals surface area contributed by atoms with Crippen molar-refractivity contribution in [1.82, 2.24) is 10.2 Å². The molecule has 1 aromatic rings. The molecule has 0 atom stereocenters. The van der Waals surface area contributed by atoms with Gasteiger partial charge in [0, 0.05) is 14.1 Å². The lowest BCUT2D eigenvalue weighted by atomic mass is 10.4. The number of carbonyl (C=O) groups is 1. The highest BCUT2D eigenvalue weighted by Crippen LogP contribution is 2.04. The van der Waals surface area contributed by atoms with Crippen LogP contribution in [0.5, 0.6) is 0 Å². The molecule has 0 unspecified atom stereocenters. The van der Waals surface area contributed by atoms with Crippen LogP contribution in [0.4, 0.5) is 0 Å². The van der Waals surface area contributed by atoms with Crippen molar-refractivity contribution in [2.24, 2.45) is 0 Å². The van der Waals surface area contributed by atoms with Gasteiger partial charge in [-0.15, -0.1) is 0 Å². The highest BCUT2D eigenvalue weighted by molar-refractivity contribution is 5.77. The summed E-state index contributed by atoms with van der Waals surface area (Å²) in [5, 5.41) is 3.01.